The van der Waals surface area contributed by atoms with Gasteiger partial charge in [0.1, 0.15) is 5.82 Å². The van der Waals surface area contributed by atoms with E-state index in [2.05, 4.69) is 5.32 Å². The molecule has 0 aromatic heterocycles. The van der Waals surface area contributed by atoms with Crippen LogP contribution in [0.25, 0.3) is 0 Å². The molecule has 2 nitrogen and oxygen atoms in total. The van der Waals surface area contributed by atoms with Crippen molar-refractivity contribution in [1.82, 2.24) is 5.32 Å². The summed E-state index contributed by atoms with van der Waals surface area (Å²) in [6.07, 6.45) is 4.80. The Morgan fingerprint density at radius 2 is 2.05 bits per heavy atom. The fraction of sp³-hybridized carbons (Fsp3) is 0.625. The number of hydrogen-bond donors (Lipinski definition) is 2. The van der Waals surface area contributed by atoms with Gasteiger partial charge in [-0.05, 0) is 50.3 Å². The fourth-order valence-electron chi connectivity index (χ4n) is 2.69. The van der Waals surface area contributed by atoms with Gasteiger partial charge in [-0.1, -0.05) is 17.7 Å². The van der Waals surface area contributed by atoms with Gasteiger partial charge < -0.3 is 11.1 Å². The minimum Gasteiger partial charge on any atom is -0.328 e. The number of benzene rings is 1. The molecule has 1 fully saturated rings. The van der Waals surface area contributed by atoms with Gasteiger partial charge in [0.05, 0.1) is 0 Å². The molecule has 118 valence electrons. The van der Waals surface area contributed by atoms with E-state index < -0.39 is 0 Å². The molecule has 0 heterocycles. The van der Waals surface area contributed by atoms with Crippen molar-refractivity contribution >= 4 is 23.4 Å². The number of nitrogens with two attached hydrogens (primary N) is 1. The minimum absolute atomic E-state index is 0.207. The second kappa shape index (κ2) is 8.99. The average molecular weight is 331 g/mol. The van der Waals surface area contributed by atoms with Gasteiger partial charge in [0.15, 0.2) is 0 Å². The summed E-state index contributed by atoms with van der Waals surface area (Å²) < 4.78 is 13.6. The zero-order valence-electron chi connectivity index (χ0n) is 12.3. The maximum atomic E-state index is 13.6. The molecule has 1 aromatic rings. The van der Waals surface area contributed by atoms with Crippen molar-refractivity contribution in [3.8, 4) is 0 Å². The van der Waals surface area contributed by atoms with Crippen LogP contribution in [0.1, 0.15) is 31.2 Å². The van der Waals surface area contributed by atoms with Crippen molar-refractivity contribution in [3.05, 3.63) is 34.6 Å². The lowest BCUT2D eigenvalue weighted by molar-refractivity contribution is 0.317. The molecule has 3 N–H and O–H groups in total. The summed E-state index contributed by atoms with van der Waals surface area (Å²) in [4.78, 5) is 0. The largest absolute Gasteiger partial charge is 0.328 e. The highest BCUT2D eigenvalue weighted by molar-refractivity contribution is 7.98. The van der Waals surface area contributed by atoms with Crippen LogP contribution >= 0.6 is 23.4 Å². The maximum Gasteiger partial charge on any atom is 0.128 e. The third-order valence-corrected chi connectivity index (χ3v) is 5.40. The van der Waals surface area contributed by atoms with Gasteiger partial charge >= 0.3 is 0 Å². The average Bonchev–Trinajstić information content (AvgIpc) is 2.47. The first-order valence-electron chi connectivity index (χ1n) is 7.63. The molecule has 0 unspecified atom stereocenters. The lowest BCUT2D eigenvalue weighted by Gasteiger charge is -2.26. The van der Waals surface area contributed by atoms with Crippen molar-refractivity contribution in [2.24, 2.45) is 11.7 Å². The smallest absolute Gasteiger partial charge is 0.128 e. The van der Waals surface area contributed by atoms with E-state index in [-0.39, 0.29) is 5.82 Å². The van der Waals surface area contributed by atoms with Crippen LogP contribution in [0.3, 0.4) is 0 Å². The van der Waals surface area contributed by atoms with Crippen molar-refractivity contribution in [3.63, 3.8) is 0 Å². The second-order valence-corrected chi connectivity index (χ2v) is 7.25. The Labute approximate surface area is 136 Å². The lowest BCUT2D eigenvalue weighted by Crippen LogP contribution is -2.32. The third kappa shape index (κ3) is 5.78. The van der Waals surface area contributed by atoms with E-state index in [1.807, 2.05) is 0 Å². The molecule has 1 aliphatic rings. The third-order valence-electron chi connectivity index (χ3n) is 4.06. The van der Waals surface area contributed by atoms with Gasteiger partial charge in [-0.25, -0.2) is 4.39 Å². The number of rotatable bonds is 7. The highest BCUT2D eigenvalue weighted by Crippen LogP contribution is 2.24. The summed E-state index contributed by atoms with van der Waals surface area (Å²) in [7, 11) is 0. The van der Waals surface area contributed by atoms with Gasteiger partial charge in [0, 0.05) is 34.7 Å². The monoisotopic (exact) mass is 330 g/mol. The topological polar surface area (TPSA) is 38.0 Å². The first-order valence-corrected chi connectivity index (χ1v) is 9.17. The first-order chi connectivity index (χ1) is 10.2. The predicted molar refractivity (Wildman–Crippen MR) is 90.4 cm³/mol. The summed E-state index contributed by atoms with van der Waals surface area (Å²) >= 11 is 7.72. The Balaban J connectivity index is 1.56. The van der Waals surface area contributed by atoms with Crippen molar-refractivity contribution in [2.45, 2.75) is 37.5 Å². The number of nitrogens with one attached hydrogen (secondary N) is 1. The molecule has 0 amide bonds. The SMILES string of the molecule is N[C@H]1CC[C@H](CNCCSCc2c(F)cccc2Cl)CC1. The maximum absolute atomic E-state index is 13.6. The van der Waals surface area contributed by atoms with Gasteiger partial charge in [-0.2, -0.15) is 11.8 Å². The van der Waals surface area contributed by atoms with Crippen LogP contribution in [0.5, 0.6) is 0 Å². The van der Waals surface area contributed by atoms with E-state index in [1.165, 1.54) is 18.9 Å². The van der Waals surface area contributed by atoms with Crippen LogP contribution in [0.4, 0.5) is 4.39 Å². The molecule has 0 spiro atoms. The molecular weight excluding hydrogens is 307 g/mol. The first kappa shape index (κ1) is 17.1. The zero-order chi connectivity index (χ0) is 15.1. The summed E-state index contributed by atoms with van der Waals surface area (Å²) in [6.45, 7) is 2.03. The Hall–Kier alpha value is -0.290. The van der Waals surface area contributed by atoms with E-state index in [4.69, 9.17) is 17.3 Å². The van der Waals surface area contributed by atoms with E-state index in [1.54, 1.807) is 23.9 Å². The molecule has 1 aliphatic carbocycles. The molecule has 5 heteroatoms. The Morgan fingerprint density at radius 1 is 1.29 bits per heavy atom. The van der Waals surface area contributed by atoms with Crippen LogP contribution in [-0.2, 0) is 5.75 Å². The molecule has 1 aromatic carbocycles. The van der Waals surface area contributed by atoms with E-state index in [0.29, 0.717) is 22.4 Å². The summed E-state index contributed by atoms with van der Waals surface area (Å²) in [6, 6.07) is 5.27. The molecule has 2 rings (SSSR count). The minimum atomic E-state index is -0.207. The van der Waals surface area contributed by atoms with Crippen LogP contribution in [-0.4, -0.2) is 24.9 Å². The van der Waals surface area contributed by atoms with Gasteiger partial charge in [-0.15, -0.1) is 0 Å². The highest BCUT2D eigenvalue weighted by atomic mass is 35.5. The van der Waals surface area contributed by atoms with Crippen molar-refractivity contribution in [1.29, 1.82) is 0 Å². The fourth-order valence-corrected chi connectivity index (χ4v) is 3.93. The van der Waals surface area contributed by atoms with Gasteiger partial charge in [0.2, 0.25) is 0 Å². The van der Waals surface area contributed by atoms with Crippen molar-refractivity contribution < 1.29 is 4.39 Å². The number of thioether (sulfide) groups is 1. The molecular formula is C16H24ClFN2S. The van der Waals surface area contributed by atoms with Crippen LogP contribution < -0.4 is 11.1 Å². The van der Waals surface area contributed by atoms with E-state index >= 15 is 0 Å². The quantitative estimate of drug-likeness (QED) is 0.746. The molecule has 0 atom stereocenters. The Kier molecular flexibility index (Phi) is 7.30. The van der Waals surface area contributed by atoms with Crippen LogP contribution in [0.15, 0.2) is 18.2 Å². The highest BCUT2D eigenvalue weighted by Gasteiger charge is 2.17. The van der Waals surface area contributed by atoms with Crippen LogP contribution in [0.2, 0.25) is 5.02 Å². The molecule has 0 saturated heterocycles. The zero-order valence-corrected chi connectivity index (χ0v) is 13.9. The molecule has 0 radical (unpaired) electrons. The molecule has 0 aliphatic heterocycles. The normalized spacial score (nSPS) is 22.4. The van der Waals surface area contributed by atoms with E-state index in [0.717, 1.165) is 37.6 Å². The second-order valence-electron chi connectivity index (χ2n) is 5.74. The molecule has 1 saturated carbocycles. The number of halogens is 2. The molecule has 21 heavy (non-hydrogen) atoms. The standard InChI is InChI=1S/C16H24ClFN2S/c17-15-2-1-3-16(18)14(15)11-21-9-8-20-10-12-4-6-13(19)7-5-12/h1-3,12-13,20H,4-11,19H2/t12-,13-. The number of hydrogen-bond acceptors (Lipinski definition) is 3. The predicted octanol–water partition coefficient (Wildman–Crippen LogP) is 3.82. The Bertz CT molecular complexity index is 416. The van der Waals surface area contributed by atoms with Gasteiger partial charge in [0.25, 0.3) is 0 Å². The summed E-state index contributed by atoms with van der Waals surface area (Å²) in [5.74, 6) is 2.17. The summed E-state index contributed by atoms with van der Waals surface area (Å²) in [5, 5.41) is 4.02. The lowest BCUT2D eigenvalue weighted by atomic mass is 9.86. The van der Waals surface area contributed by atoms with Crippen molar-refractivity contribution in [2.75, 3.05) is 18.8 Å². The van der Waals surface area contributed by atoms with Gasteiger partial charge in [-0.3, -0.25) is 0 Å². The summed E-state index contributed by atoms with van der Waals surface area (Å²) in [5.41, 5.74) is 6.52. The van der Waals surface area contributed by atoms with Crippen LogP contribution in [0, 0.1) is 11.7 Å². The van der Waals surface area contributed by atoms with E-state index in [9.17, 15) is 4.39 Å². The Morgan fingerprint density at radius 3 is 2.76 bits per heavy atom. The molecule has 0 bridgehead atoms.